The molecule has 0 saturated carbocycles. The van der Waals surface area contributed by atoms with Crippen LogP contribution in [0.5, 0.6) is 5.75 Å². The minimum absolute atomic E-state index is 0.158. The zero-order chi connectivity index (χ0) is 22.9. The Morgan fingerprint density at radius 1 is 0.839 bits per heavy atom. The fraction of sp³-hybridized carbons (Fsp3) is 0.519. The molecule has 0 bridgehead atoms. The summed E-state index contributed by atoms with van der Waals surface area (Å²) in [6.07, 6.45) is 1.93. The Kier molecular flexibility index (Phi) is 9.73. The lowest BCUT2D eigenvalue weighted by atomic mass is 9.88. The van der Waals surface area contributed by atoms with E-state index in [9.17, 15) is 4.79 Å². The van der Waals surface area contributed by atoms with Crippen LogP contribution in [0, 0.1) is 11.8 Å². The molecule has 0 saturated heterocycles. The van der Waals surface area contributed by atoms with Crippen LogP contribution in [0.3, 0.4) is 0 Å². The number of hydrogen-bond donors (Lipinski definition) is 0. The number of hydrogen-bond acceptors (Lipinski definition) is 3. The summed E-state index contributed by atoms with van der Waals surface area (Å²) in [5.41, 5.74) is 3.40. The molecule has 4 heteroatoms. The second-order valence-electron chi connectivity index (χ2n) is 9.63. The predicted molar refractivity (Wildman–Crippen MR) is 128 cm³/mol. The number of para-hydroxylation sites is 1. The number of benzene rings is 2. The molecule has 4 nitrogen and oxygen atoms in total. The molecular weight excluding hydrogens is 386 g/mol. The van der Waals surface area contributed by atoms with Gasteiger partial charge in [-0.2, -0.15) is 0 Å². The maximum absolute atomic E-state index is 13.5. The first-order valence-electron chi connectivity index (χ1n) is 11.4. The minimum atomic E-state index is 0.158. The van der Waals surface area contributed by atoms with Crippen molar-refractivity contribution >= 4 is 5.91 Å². The maximum atomic E-state index is 13.5. The van der Waals surface area contributed by atoms with E-state index in [1.807, 2.05) is 56.6 Å². The van der Waals surface area contributed by atoms with E-state index >= 15 is 0 Å². The van der Waals surface area contributed by atoms with Crippen LogP contribution in [0.15, 0.2) is 48.5 Å². The Morgan fingerprint density at radius 3 is 2.16 bits per heavy atom. The summed E-state index contributed by atoms with van der Waals surface area (Å²) < 4.78 is 11.7. The first kappa shape index (κ1) is 25.1. The maximum Gasteiger partial charge on any atom is 0.345 e. The van der Waals surface area contributed by atoms with E-state index in [4.69, 9.17) is 9.47 Å². The third-order valence-corrected chi connectivity index (χ3v) is 5.33. The highest BCUT2D eigenvalue weighted by molar-refractivity contribution is 5.91. The number of nitrogens with zero attached hydrogens (tertiary/aromatic N) is 1. The molecule has 0 atom stereocenters. The van der Waals surface area contributed by atoms with Crippen LogP contribution < -0.4 is 4.74 Å². The average molecular weight is 427 g/mol. The fourth-order valence-corrected chi connectivity index (χ4v) is 3.67. The summed E-state index contributed by atoms with van der Waals surface area (Å²) in [6.45, 7) is 11.0. The molecule has 1 amide bonds. The molecular formula is C27H40NO3+. The summed E-state index contributed by atoms with van der Waals surface area (Å²) in [5.74, 6) is 2.07. The lowest BCUT2D eigenvalue weighted by molar-refractivity contribution is -0.808. The van der Waals surface area contributed by atoms with E-state index in [1.54, 1.807) is 0 Å². The highest BCUT2D eigenvalue weighted by Gasteiger charge is 2.30. The molecule has 0 aromatic heterocycles. The summed E-state index contributed by atoms with van der Waals surface area (Å²) in [6, 6.07) is 15.9. The van der Waals surface area contributed by atoms with Gasteiger partial charge in [0, 0.05) is 0 Å². The summed E-state index contributed by atoms with van der Waals surface area (Å²) in [5, 5.41) is 0. The van der Waals surface area contributed by atoms with Gasteiger partial charge in [-0.05, 0) is 54.0 Å². The fourth-order valence-electron chi connectivity index (χ4n) is 3.67. The molecule has 0 spiro atoms. The van der Waals surface area contributed by atoms with Crippen molar-refractivity contribution in [2.75, 3.05) is 40.5 Å². The van der Waals surface area contributed by atoms with Gasteiger partial charge in [-0.15, -0.1) is 0 Å². The quantitative estimate of drug-likeness (QED) is 0.337. The van der Waals surface area contributed by atoms with E-state index in [0.717, 1.165) is 24.2 Å². The van der Waals surface area contributed by atoms with Crippen LogP contribution >= 0.6 is 0 Å². The summed E-state index contributed by atoms with van der Waals surface area (Å²) >= 11 is 0. The van der Waals surface area contributed by atoms with Gasteiger partial charge in [0.2, 0.25) is 0 Å². The van der Waals surface area contributed by atoms with Gasteiger partial charge in [0.25, 0.3) is 0 Å². The summed E-state index contributed by atoms with van der Waals surface area (Å²) in [7, 11) is 3.95. The van der Waals surface area contributed by atoms with Crippen LogP contribution in [-0.4, -0.2) is 50.9 Å². The molecule has 0 heterocycles. The van der Waals surface area contributed by atoms with Crippen LogP contribution in [0.25, 0.3) is 0 Å². The molecule has 0 fully saturated rings. The third kappa shape index (κ3) is 8.12. The zero-order valence-electron chi connectivity index (χ0n) is 20.2. The van der Waals surface area contributed by atoms with Crippen molar-refractivity contribution in [3.63, 3.8) is 0 Å². The van der Waals surface area contributed by atoms with Gasteiger partial charge in [-0.25, -0.2) is 4.79 Å². The van der Waals surface area contributed by atoms with E-state index in [2.05, 4.69) is 33.8 Å². The molecule has 170 valence electrons. The normalized spacial score (nSPS) is 11.9. The topological polar surface area (TPSA) is 35.5 Å². The number of rotatable bonds is 12. The number of ether oxygens (including phenoxy) is 2. The van der Waals surface area contributed by atoms with Crippen LogP contribution in [0.1, 0.15) is 49.2 Å². The molecule has 0 unspecified atom stereocenters. The Labute approximate surface area is 188 Å². The molecule has 0 aliphatic rings. The van der Waals surface area contributed by atoms with E-state index in [0.29, 0.717) is 38.2 Å². The predicted octanol–water partition coefficient (Wildman–Crippen LogP) is 5.40. The number of likely N-dealkylation sites (N-methyl/N-ethyl adjacent to an activating group) is 1. The monoisotopic (exact) mass is 426 g/mol. The first-order valence-corrected chi connectivity index (χ1v) is 11.4. The molecule has 2 rings (SSSR count). The smallest absolute Gasteiger partial charge is 0.345 e. The molecule has 0 radical (unpaired) electrons. The molecule has 31 heavy (non-hydrogen) atoms. The van der Waals surface area contributed by atoms with Crippen molar-refractivity contribution in [2.24, 2.45) is 11.8 Å². The number of amides is 1. The molecule has 2 aromatic carbocycles. The Balaban J connectivity index is 1.96. The second kappa shape index (κ2) is 12.0. The zero-order valence-corrected chi connectivity index (χ0v) is 20.2. The van der Waals surface area contributed by atoms with Gasteiger partial charge in [0.15, 0.2) is 0 Å². The van der Waals surface area contributed by atoms with E-state index < -0.39 is 0 Å². The molecule has 2 aromatic rings. The summed E-state index contributed by atoms with van der Waals surface area (Å²) in [4.78, 5) is 13.5. The SMILES string of the molecule is CC(C)Cc1cccc(C(=O)[N+](C)(C)CCOCCOc2ccccc2)c1CC(C)C. The highest BCUT2D eigenvalue weighted by Crippen LogP contribution is 2.24. The minimum Gasteiger partial charge on any atom is -0.491 e. The lowest BCUT2D eigenvalue weighted by Crippen LogP contribution is -2.48. The lowest BCUT2D eigenvalue weighted by Gasteiger charge is -2.28. The molecule has 0 N–H and O–H groups in total. The van der Waals surface area contributed by atoms with Crippen LogP contribution in [0.4, 0.5) is 0 Å². The van der Waals surface area contributed by atoms with Crippen molar-refractivity contribution in [3.05, 3.63) is 65.2 Å². The second-order valence-corrected chi connectivity index (χ2v) is 9.63. The van der Waals surface area contributed by atoms with Crippen molar-refractivity contribution in [3.8, 4) is 5.75 Å². The van der Waals surface area contributed by atoms with Crippen molar-refractivity contribution in [1.29, 1.82) is 0 Å². The van der Waals surface area contributed by atoms with Gasteiger partial charge in [-0.1, -0.05) is 58.0 Å². The van der Waals surface area contributed by atoms with Gasteiger partial charge in [-0.3, -0.25) is 4.48 Å². The first-order chi connectivity index (χ1) is 14.7. The van der Waals surface area contributed by atoms with Gasteiger partial charge in [0.05, 0.1) is 32.9 Å². The molecule has 0 aliphatic heterocycles. The number of carbonyl (C=O) groups excluding carboxylic acids is 1. The van der Waals surface area contributed by atoms with Gasteiger partial charge in [0.1, 0.15) is 18.9 Å². The van der Waals surface area contributed by atoms with Crippen LogP contribution in [0.2, 0.25) is 0 Å². The van der Waals surface area contributed by atoms with E-state index in [1.165, 1.54) is 11.1 Å². The Bertz CT molecular complexity index is 812. The Morgan fingerprint density at radius 2 is 1.52 bits per heavy atom. The number of carbonyl (C=O) groups is 1. The number of quaternary nitrogens is 1. The average Bonchev–Trinajstić information content (AvgIpc) is 2.71. The Hall–Kier alpha value is -2.17. The van der Waals surface area contributed by atoms with Crippen LogP contribution in [-0.2, 0) is 17.6 Å². The van der Waals surface area contributed by atoms with E-state index in [-0.39, 0.29) is 10.4 Å². The third-order valence-electron chi connectivity index (χ3n) is 5.33. The molecule has 0 aliphatic carbocycles. The highest BCUT2D eigenvalue weighted by atomic mass is 16.5. The van der Waals surface area contributed by atoms with Crippen molar-refractivity contribution in [2.45, 2.75) is 40.5 Å². The van der Waals surface area contributed by atoms with Gasteiger partial charge < -0.3 is 9.47 Å². The largest absolute Gasteiger partial charge is 0.491 e. The van der Waals surface area contributed by atoms with Crippen molar-refractivity contribution < 1.29 is 18.8 Å². The van der Waals surface area contributed by atoms with Crippen molar-refractivity contribution in [1.82, 2.24) is 0 Å². The standard InChI is InChI=1S/C27H40NO3/c1-21(2)19-23-11-10-14-25(26(23)20-22(3)4)27(29)28(5,6)15-16-30-17-18-31-24-12-8-7-9-13-24/h7-14,21-22H,15-20H2,1-6H3/q+1. The van der Waals surface area contributed by atoms with Gasteiger partial charge >= 0.3 is 5.91 Å².